The molecule has 174 valence electrons. The van der Waals surface area contributed by atoms with E-state index in [1.165, 1.54) is 13.4 Å². The summed E-state index contributed by atoms with van der Waals surface area (Å²) in [5.74, 6) is -0.308. The topological polar surface area (TPSA) is 113 Å². The summed E-state index contributed by atoms with van der Waals surface area (Å²) in [5, 5.41) is 31.3. The monoisotopic (exact) mass is 442 g/mol. The van der Waals surface area contributed by atoms with Gasteiger partial charge in [-0.1, -0.05) is 50.5 Å². The summed E-state index contributed by atoms with van der Waals surface area (Å²) in [7, 11) is 1.34. The number of hydrogen-bond acceptors (Lipinski definition) is 7. The number of rotatable bonds is 13. The van der Waals surface area contributed by atoms with Gasteiger partial charge in [-0.2, -0.15) is 0 Å². The van der Waals surface area contributed by atoms with Gasteiger partial charge in [-0.05, 0) is 42.0 Å². The Morgan fingerprint density at radius 2 is 1.81 bits per heavy atom. The first kappa shape index (κ1) is 25.6. The van der Waals surface area contributed by atoms with Gasteiger partial charge in [0.1, 0.15) is 6.33 Å². The van der Waals surface area contributed by atoms with Crippen LogP contribution in [0.3, 0.4) is 0 Å². The summed E-state index contributed by atoms with van der Waals surface area (Å²) in [6, 6.07) is 5.60. The fraction of sp³-hybridized carbons (Fsp3) is 0.480. The van der Waals surface area contributed by atoms with Crippen molar-refractivity contribution in [3.8, 4) is 11.1 Å². The van der Waals surface area contributed by atoms with Gasteiger partial charge >= 0.3 is 5.97 Å². The Balaban J connectivity index is 2.22. The summed E-state index contributed by atoms with van der Waals surface area (Å²) in [6.45, 7) is 2.09. The highest BCUT2D eigenvalue weighted by molar-refractivity contribution is 5.69. The molecule has 3 N–H and O–H groups in total. The molecule has 3 atom stereocenters. The average Bonchev–Trinajstić information content (AvgIpc) is 2.82. The second kappa shape index (κ2) is 13.7. The number of aliphatic hydroxyl groups excluding tert-OH is 3. The van der Waals surface area contributed by atoms with E-state index < -0.39 is 18.3 Å². The van der Waals surface area contributed by atoms with E-state index in [2.05, 4.69) is 21.6 Å². The Morgan fingerprint density at radius 1 is 1.06 bits per heavy atom. The van der Waals surface area contributed by atoms with Gasteiger partial charge in [-0.25, -0.2) is 9.97 Å². The van der Waals surface area contributed by atoms with Crippen LogP contribution in [-0.4, -0.2) is 50.6 Å². The third-order valence-electron chi connectivity index (χ3n) is 5.40. The van der Waals surface area contributed by atoms with E-state index in [0.29, 0.717) is 24.8 Å². The van der Waals surface area contributed by atoms with Crippen molar-refractivity contribution in [1.29, 1.82) is 0 Å². The molecule has 1 heterocycles. The van der Waals surface area contributed by atoms with Crippen LogP contribution in [0.15, 0.2) is 43.0 Å². The first-order chi connectivity index (χ1) is 15.5. The molecule has 0 aliphatic carbocycles. The Morgan fingerprint density at radius 3 is 2.50 bits per heavy atom. The van der Waals surface area contributed by atoms with E-state index in [-0.39, 0.29) is 12.4 Å². The highest BCUT2D eigenvalue weighted by Gasteiger charge is 2.16. The lowest BCUT2D eigenvalue weighted by atomic mass is 9.94. The van der Waals surface area contributed by atoms with E-state index in [4.69, 9.17) is 0 Å². The van der Waals surface area contributed by atoms with Crippen molar-refractivity contribution < 1.29 is 24.9 Å². The fourth-order valence-electron chi connectivity index (χ4n) is 3.45. The van der Waals surface area contributed by atoms with Gasteiger partial charge in [0.05, 0.1) is 25.4 Å². The zero-order chi connectivity index (χ0) is 23.3. The molecule has 0 spiro atoms. The minimum atomic E-state index is -1.00. The molecule has 1 aromatic heterocycles. The van der Waals surface area contributed by atoms with E-state index in [9.17, 15) is 20.1 Å². The Kier molecular flexibility index (Phi) is 11.0. The third-order valence-corrected chi connectivity index (χ3v) is 5.40. The maximum Gasteiger partial charge on any atom is 0.305 e. The summed E-state index contributed by atoms with van der Waals surface area (Å²) in [4.78, 5) is 19.5. The number of carbonyl (C=O) groups is 1. The zero-order valence-corrected chi connectivity index (χ0v) is 18.9. The molecule has 0 aliphatic rings. The van der Waals surface area contributed by atoms with Gasteiger partial charge in [0.25, 0.3) is 0 Å². The molecule has 2 aromatic rings. The fourth-order valence-corrected chi connectivity index (χ4v) is 3.45. The highest BCUT2D eigenvalue weighted by Crippen LogP contribution is 2.29. The number of hydrogen-bond donors (Lipinski definition) is 3. The molecule has 32 heavy (non-hydrogen) atoms. The molecule has 0 radical (unpaired) electrons. The molecule has 0 aliphatic heterocycles. The van der Waals surface area contributed by atoms with Gasteiger partial charge in [-0.3, -0.25) is 4.79 Å². The molecule has 2 rings (SSSR count). The van der Waals surface area contributed by atoms with Crippen molar-refractivity contribution >= 4 is 12.0 Å². The summed E-state index contributed by atoms with van der Waals surface area (Å²) in [6.07, 6.45) is 10.1. The van der Waals surface area contributed by atoms with Crippen molar-refractivity contribution in [2.75, 3.05) is 7.11 Å². The van der Waals surface area contributed by atoms with Crippen molar-refractivity contribution in [3.05, 3.63) is 54.1 Å². The lowest BCUT2D eigenvalue weighted by Gasteiger charge is -2.17. The maximum atomic E-state index is 11.4. The zero-order valence-electron chi connectivity index (χ0n) is 18.9. The van der Waals surface area contributed by atoms with Gasteiger partial charge in [0.15, 0.2) is 0 Å². The first-order valence-electron chi connectivity index (χ1n) is 11.1. The SMILES string of the molecule is CCCCC[C@H](O)[C@H](O)/C=C/c1cc(-c2cncnc2)ccc1C(O)CCCC(=O)OC. The standard InChI is InChI=1S/C25H34N2O5/c1-3-4-5-7-23(29)24(30)13-11-19-14-18(20-15-26-17-27-16-20)10-12-21(19)22(28)8-6-9-25(31)32-2/h10-17,22-24,28-30H,3-9H2,1-2H3/b13-11+/t22?,23-,24+/m0/s1. The van der Waals surface area contributed by atoms with Crippen LogP contribution in [0.25, 0.3) is 17.2 Å². The number of carbonyl (C=O) groups excluding carboxylic acids is 1. The van der Waals surface area contributed by atoms with E-state index in [0.717, 1.165) is 36.0 Å². The van der Waals surface area contributed by atoms with Crippen LogP contribution in [-0.2, 0) is 9.53 Å². The Bertz CT molecular complexity index is 857. The number of aromatic nitrogens is 2. The molecule has 0 saturated heterocycles. The molecule has 0 amide bonds. The van der Waals surface area contributed by atoms with E-state index in [1.807, 2.05) is 18.2 Å². The number of aliphatic hydroxyl groups is 3. The van der Waals surface area contributed by atoms with Crippen LogP contribution in [0.4, 0.5) is 0 Å². The first-order valence-corrected chi connectivity index (χ1v) is 11.1. The molecule has 1 unspecified atom stereocenters. The predicted molar refractivity (Wildman–Crippen MR) is 123 cm³/mol. The lowest BCUT2D eigenvalue weighted by molar-refractivity contribution is -0.140. The van der Waals surface area contributed by atoms with Gasteiger partial charge < -0.3 is 20.1 Å². The van der Waals surface area contributed by atoms with Crippen LogP contribution < -0.4 is 0 Å². The minimum absolute atomic E-state index is 0.237. The molecule has 0 saturated carbocycles. The van der Waals surface area contributed by atoms with Crippen molar-refractivity contribution in [2.24, 2.45) is 0 Å². The number of unbranched alkanes of at least 4 members (excludes halogenated alkanes) is 2. The van der Waals surface area contributed by atoms with Crippen LogP contribution in [0.5, 0.6) is 0 Å². The Hall–Kier alpha value is -2.61. The second-order valence-electron chi connectivity index (χ2n) is 7.87. The maximum absolute atomic E-state index is 11.4. The largest absolute Gasteiger partial charge is 0.469 e. The van der Waals surface area contributed by atoms with Gasteiger partial charge in [0.2, 0.25) is 0 Å². The highest BCUT2D eigenvalue weighted by atomic mass is 16.5. The lowest BCUT2D eigenvalue weighted by Crippen LogP contribution is -2.23. The van der Waals surface area contributed by atoms with Crippen molar-refractivity contribution in [3.63, 3.8) is 0 Å². The van der Waals surface area contributed by atoms with Gasteiger partial charge in [-0.15, -0.1) is 0 Å². The molecule has 1 aromatic carbocycles. The number of esters is 1. The van der Waals surface area contributed by atoms with Gasteiger partial charge in [0, 0.05) is 24.4 Å². The average molecular weight is 443 g/mol. The normalized spacial score (nSPS) is 14.3. The van der Waals surface area contributed by atoms with Crippen LogP contribution in [0.1, 0.15) is 69.1 Å². The summed E-state index contributed by atoms with van der Waals surface area (Å²) >= 11 is 0. The number of benzene rings is 1. The summed E-state index contributed by atoms with van der Waals surface area (Å²) in [5.41, 5.74) is 3.10. The molecular weight excluding hydrogens is 408 g/mol. The van der Waals surface area contributed by atoms with Crippen LogP contribution in [0, 0.1) is 0 Å². The molecule has 0 bridgehead atoms. The molecular formula is C25H34N2O5. The second-order valence-corrected chi connectivity index (χ2v) is 7.87. The number of methoxy groups -OCH3 is 1. The quantitative estimate of drug-likeness (QED) is 0.319. The molecule has 0 fully saturated rings. The summed E-state index contributed by atoms with van der Waals surface area (Å²) < 4.78 is 4.65. The van der Waals surface area contributed by atoms with Crippen molar-refractivity contribution in [1.82, 2.24) is 9.97 Å². The third kappa shape index (κ3) is 8.15. The molecule has 7 nitrogen and oxygen atoms in total. The van der Waals surface area contributed by atoms with Crippen LogP contribution >= 0.6 is 0 Å². The molecule has 7 heteroatoms. The van der Waals surface area contributed by atoms with Crippen LogP contribution in [0.2, 0.25) is 0 Å². The predicted octanol–water partition coefficient (Wildman–Crippen LogP) is 3.84. The minimum Gasteiger partial charge on any atom is -0.469 e. The Labute approximate surface area is 189 Å². The van der Waals surface area contributed by atoms with E-state index in [1.54, 1.807) is 24.5 Å². The van der Waals surface area contributed by atoms with Crippen molar-refractivity contribution in [2.45, 2.75) is 70.2 Å². The number of ether oxygens (including phenoxy) is 1. The number of nitrogens with zero attached hydrogens (tertiary/aromatic N) is 2. The smallest absolute Gasteiger partial charge is 0.305 e. The van der Waals surface area contributed by atoms with E-state index >= 15 is 0 Å².